The second-order valence-electron chi connectivity index (χ2n) is 8.23. The van der Waals surface area contributed by atoms with Crippen LogP contribution in [0.1, 0.15) is 69.6 Å². The van der Waals surface area contributed by atoms with Gasteiger partial charge in [-0.1, -0.05) is 25.1 Å². The maximum absolute atomic E-state index is 12.9. The number of hydrogen-bond acceptors (Lipinski definition) is 7. The largest absolute Gasteiger partial charge is 0.465 e. The first-order valence-electron chi connectivity index (χ1n) is 11.5. The number of benzene rings is 2. The molecule has 2 aromatic carbocycles. The van der Waals surface area contributed by atoms with Crippen LogP contribution in [0.2, 0.25) is 0 Å². The molecule has 0 radical (unpaired) electrons. The lowest BCUT2D eigenvalue weighted by Gasteiger charge is -2.21. The van der Waals surface area contributed by atoms with E-state index in [2.05, 4.69) is 22.8 Å². The van der Waals surface area contributed by atoms with Gasteiger partial charge in [0.15, 0.2) is 0 Å². The monoisotopic (exact) mass is 475 g/mol. The van der Waals surface area contributed by atoms with Crippen LogP contribution in [0.3, 0.4) is 0 Å². The van der Waals surface area contributed by atoms with Crippen LogP contribution in [0.15, 0.2) is 48.2 Å². The Kier molecular flexibility index (Phi) is 8.63. The molecule has 2 aromatic rings. The number of nitriles is 1. The number of rotatable bonds is 8. The lowest BCUT2D eigenvalue weighted by atomic mass is 9.88. The Hall–Kier alpha value is -4.12. The number of carbonyl (C=O) groups excluding carboxylic acids is 3. The van der Waals surface area contributed by atoms with Crippen molar-refractivity contribution in [1.82, 2.24) is 5.32 Å². The van der Waals surface area contributed by atoms with Crippen LogP contribution in [0.4, 0.5) is 5.69 Å². The van der Waals surface area contributed by atoms with E-state index in [1.807, 2.05) is 19.1 Å². The molecule has 3 rings (SSSR count). The highest BCUT2D eigenvalue weighted by Gasteiger charge is 2.19. The Morgan fingerprint density at radius 2 is 1.74 bits per heavy atom. The zero-order valence-electron chi connectivity index (χ0n) is 20.1. The van der Waals surface area contributed by atoms with Crippen molar-refractivity contribution in [2.75, 3.05) is 19.5 Å². The number of nitrogens with one attached hydrogen (secondary N) is 2. The molecule has 35 heavy (non-hydrogen) atoms. The average molecular weight is 476 g/mol. The first-order valence-corrected chi connectivity index (χ1v) is 11.5. The maximum Gasteiger partial charge on any atom is 0.339 e. The number of methoxy groups -OCH3 is 2. The summed E-state index contributed by atoms with van der Waals surface area (Å²) in [5, 5.41) is 15.3. The Bertz CT molecular complexity index is 1200. The number of esters is 2. The van der Waals surface area contributed by atoms with Crippen LogP contribution in [0.25, 0.3) is 0 Å². The van der Waals surface area contributed by atoms with E-state index < -0.39 is 17.8 Å². The van der Waals surface area contributed by atoms with Gasteiger partial charge in [0.2, 0.25) is 0 Å². The van der Waals surface area contributed by atoms with Crippen LogP contribution in [0, 0.1) is 11.3 Å². The summed E-state index contributed by atoms with van der Waals surface area (Å²) in [4.78, 5) is 36.9. The molecule has 0 saturated heterocycles. The number of anilines is 1. The Morgan fingerprint density at radius 1 is 1.03 bits per heavy atom. The zero-order chi connectivity index (χ0) is 25.4. The zero-order valence-corrected chi connectivity index (χ0v) is 20.1. The van der Waals surface area contributed by atoms with Gasteiger partial charge in [-0.2, -0.15) is 5.26 Å². The van der Waals surface area contributed by atoms with Crippen LogP contribution >= 0.6 is 0 Å². The summed E-state index contributed by atoms with van der Waals surface area (Å²) in [6.07, 6.45) is 6.34. The quantitative estimate of drug-likeness (QED) is 0.333. The second-order valence-corrected chi connectivity index (χ2v) is 8.23. The van der Waals surface area contributed by atoms with E-state index in [4.69, 9.17) is 9.47 Å². The summed E-state index contributed by atoms with van der Waals surface area (Å²) >= 11 is 0. The molecule has 1 aliphatic carbocycles. The van der Waals surface area contributed by atoms with Gasteiger partial charge in [-0.05, 0) is 67.0 Å². The third kappa shape index (κ3) is 6.07. The number of fused-ring (bicyclic) bond motifs is 1. The maximum atomic E-state index is 12.9. The van der Waals surface area contributed by atoms with E-state index in [-0.39, 0.29) is 28.4 Å². The van der Waals surface area contributed by atoms with Gasteiger partial charge in [-0.15, -0.1) is 0 Å². The van der Waals surface area contributed by atoms with Crippen LogP contribution < -0.4 is 10.6 Å². The van der Waals surface area contributed by atoms with E-state index in [1.165, 1.54) is 56.2 Å². The van der Waals surface area contributed by atoms with Gasteiger partial charge < -0.3 is 20.1 Å². The lowest BCUT2D eigenvalue weighted by molar-refractivity contribution is -0.117. The molecule has 8 heteroatoms. The molecule has 8 nitrogen and oxygen atoms in total. The van der Waals surface area contributed by atoms with E-state index in [0.717, 1.165) is 24.8 Å². The van der Waals surface area contributed by atoms with Crippen molar-refractivity contribution in [2.24, 2.45) is 0 Å². The molecular formula is C27H29N3O5. The van der Waals surface area contributed by atoms with Crippen LogP contribution in [-0.4, -0.2) is 32.1 Å². The third-order valence-corrected chi connectivity index (χ3v) is 6.07. The predicted octanol–water partition coefficient (Wildman–Crippen LogP) is 4.23. The molecule has 182 valence electrons. The fourth-order valence-corrected chi connectivity index (χ4v) is 4.12. The number of hydrogen-bond donors (Lipinski definition) is 2. The van der Waals surface area contributed by atoms with E-state index >= 15 is 0 Å². The van der Waals surface area contributed by atoms with Crippen molar-refractivity contribution in [3.05, 3.63) is 76.0 Å². The van der Waals surface area contributed by atoms with Crippen molar-refractivity contribution in [1.29, 1.82) is 5.26 Å². The minimum absolute atomic E-state index is 0.134. The third-order valence-electron chi connectivity index (χ3n) is 6.07. The van der Waals surface area contributed by atoms with E-state index in [9.17, 15) is 19.6 Å². The van der Waals surface area contributed by atoms with Crippen LogP contribution in [0.5, 0.6) is 0 Å². The molecule has 0 bridgehead atoms. The topological polar surface area (TPSA) is 118 Å². The van der Waals surface area contributed by atoms with Gasteiger partial charge in [-0.3, -0.25) is 4.79 Å². The average Bonchev–Trinajstić information content (AvgIpc) is 2.90. The summed E-state index contributed by atoms with van der Waals surface area (Å²) in [6.45, 7) is 1.97. The van der Waals surface area contributed by atoms with Gasteiger partial charge in [0.1, 0.15) is 11.6 Å². The number of ether oxygens (including phenoxy) is 2. The number of aryl methyl sites for hydroxylation is 2. The van der Waals surface area contributed by atoms with Crippen molar-refractivity contribution < 1.29 is 23.9 Å². The minimum Gasteiger partial charge on any atom is -0.465 e. The van der Waals surface area contributed by atoms with Gasteiger partial charge in [-0.25, -0.2) is 9.59 Å². The SMILES string of the molecule is CCC(NC(=O)/C(C#N)=C\Nc1cc(C(=O)OC)ccc1C(=O)OC)c1ccc2c(c1)CCCC2. The molecule has 0 aliphatic heterocycles. The summed E-state index contributed by atoms with van der Waals surface area (Å²) in [6, 6.07) is 12.2. The molecule has 2 N–H and O–H groups in total. The highest BCUT2D eigenvalue weighted by Crippen LogP contribution is 2.26. The van der Waals surface area contributed by atoms with Crippen molar-refractivity contribution in [2.45, 2.75) is 45.1 Å². The van der Waals surface area contributed by atoms with Crippen LogP contribution in [-0.2, 0) is 27.1 Å². The summed E-state index contributed by atoms with van der Waals surface area (Å²) in [7, 11) is 2.48. The van der Waals surface area contributed by atoms with Crippen molar-refractivity contribution in [3.63, 3.8) is 0 Å². The predicted molar refractivity (Wildman–Crippen MR) is 131 cm³/mol. The molecule has 1 atom stereocenters. The normalized spacial score (nSPS) is 13.6. The molecule has 0 saturated carbocycles. The smallest absolute Gasteiger partial charge is 0.339 e. The first-order chi connectivity index (χ1) is 16.9. The van der Waals surface area contributed by atoms with E-state index in [0.29, 0.717) is 6.42 Å². The van der Waals surface area contributed by atoms with Gasteiger partial charge in [0.05, 0.1) is 37.1 Å². The van der Waals surface area contributed by atoms with Gasteiger partial charge in [0.25, 0.3) is 5.91 Å². The Labute approximate surface area is 204 Å². The highest BCUT2D eigenvalue weighted by molar-refractivity contribution is 6.00. The molecule has 1 amide bonds. The second kappa shape index (κ2) is 11.8. The molecule has 1 aliphatic rings. The minimum atomic E-state index is -0.640. The molecule has 0 fully saturated rings. The highest BCUT2D eigenvalue weighted by atomic mass is 16.5. The molecule has 1 unspecified atom stereocenters. The fraction of sp³-hybridized carbons (Fsp3) is 0.333. The molecule has 0 heterocycles. The first kappa shape index (κ1) is 25.5. The number of carbonyl (C=O) groups is 3. The fourth-order valence-electron chi connectivity index (χ4n) is 4.12. The molecule has 0 spiro atoms. The molecular weight excluding hydrogens is 446 g/mol. The number of amides is 1. The molecule has 0 aromatic heterocycles. The number of nitrogens with zero attached hydrogens (tertiary/aromatic N) is 1. The standard InChI is InChI=1S/C27H29N3O5/c1-4-23(19-10-9-17-7-5-6-8-18(17)13-19)30-25(31)21(15-28)16-29-24-14-20(26(32)34-2)11-12-22(24)27(33)35-3/h9-14,16,23,29H,4-8H2,1-3H3,(H,30,31)/b21-16-. The van der Waals surface area contributed by atoms with Crippen molar-refractivity contribution in [3.8, 4) is 6.07 Å². The summed E-state index contributed by atoms with van der Waals surface area (Å²) in [5.41, 5.74) is 4.03. The van der Waals surface area contributed by atoms with Crippen molar-refractivity contribution >= 4 is 23.5 Å². The lowest BCUT2D eigenvalue weighted by Crippen LogP contribution is -2.29. The Balaban J connectivity index is 1.81. The van der Waals surface area contributed by atoms with Gasteiger partial charge in [0, 0.05) is 6.20 Å². The van der Waals surface area contributed by atoms with Gasteiger partial charge >= 0.3 is 11.9 Å². The summed E-state index contributed by atoms with van der Waals surface area (Å²) < 4.78 is 9.50. The Morgan fingerprint density at radius 3 is 2.40 bits per heavy atom. The summed E-state index contributed by atoms with van der Waals surface area (Å²) in [5.74, 6) is -1.78. The van der Waals surface area contributed by atoms with E-state index in [1.54, 1.807) is 0 Å².